The highest BCUT2D eigenvalue weighted by molar-refractivity contribution is 5.94. The van der Waals surface area contributed by atoms with Crippen molar-refractivity contribution in [3.8, 4) is 0 Å². The second-order valence-electron chi connectivity index (χ2n) is 7.38. The van der Waals surface area contributed by atoms with Gasteiger partial charge in [-0.2, -0.15) is 0 Å². The molecule has 0 spiro atoms. The Morgan fingerprint density at radius 3 is 2.56 bits per heavy atom. The van der Waals surface area contributed by atoms with Crippen LogP contribution in [0.15, 0.2) is 42.9 Å². The molecule has 0 bridgehead atoms. The van der Waals surface area contributed by atoms with E-state index in [1.807, 2.05) is 29.2 Å². The summed E-state index contributed by atoms with van der Waals surface area (Å²) in [5.74, 6) is 0.0414. The van der Waals surface area contributed by atoms with Gasteiger partial charge >= 0.3 is 0 Å². The minimum absolute atomic E-state index is 0.0414. The number of pyridine rings is 2. The Morgan fingerprint density at radius 2 is 1.93 bits per heavy atom. The van der Waals surface area contributed by atoms with Gasteiger partial charge in [-0.1, -0.05) is 6.92 Å². The molecule has 1 aliphatic heterocycles. The van der Waals surface area contributed by atoms with Crippen LogP contribution in [-0.4, -0.2) is 51.4 Å². The number of carbonyl (C=O) groups is 1. The first-order valence-electron chi connectivity index (χ1n) is 10.0. The Balaban J connectivity index is 1.65. The summed E-state index contributed by atoms with van der Waals surface area (Å²) in [5.41, 5.74) is 2.81. The summed E-state index contributed by atoms with van der Waals surface area (Å²) >= 11 is 0. The van der Waals surface area contributed by atoms with E-state index in [0.29, 0.717) is 12.1 Å². The molecule has 27 heavy (non-hydrogen) atoms. The van der Waals surface area contributed by atoms with E-state index in [9.17, 15) is 4.79 Å². The molecule has 3 heterocycles. The summed E-state index contributed by atoms with van der Waals surface area (Å²) < 4.78 is 0. The molecule has 1 atom stereocenters. The van der Waals surface area contributed by atoms with Gasteiger partial charge in [0, 0.05) is 49.8 Å². The lowest BCUT2D eigenvalue weighted by atomic mass is 10.1. The van der Waals surface area contributed by atoms with Gasteiger partial charge in [-0.05, 0) is 69.1 Å². The second-order valence-corrected chi connectivity index (χ2v) is 7.38. The fourth-order valence-electron chi connectivity index (χ4n) is 3.48. The van der Waals surface area contributed by atoms with E-state index in [0.717, 1.165) is 30.6 Å². The van der Waals surface area contributed by atoms with E-state index in [4.69, 9.17) is 0 Å². The van der Waals surface area contributed by atoms with Crippen molar-refractivity contribution in [2.45, 2.75) is 52.1 Å². The quantitative estimate of drug-likeness (QED) is 0.717. The van der Waals surface area contributed by atoms with Crippen LogP contribution in [0.4, 0.5) is 0 Å². The molecule has 0 aliphatic carbocycles. The molecule has 0 unspecified atom stereocenters. The van der Waals surface area contributed by atoms with Gasteiger partial charge in [0.1, 0.15) is 0 Å². The summed E-state index contributed by atoms with van der Waals surface area (Å²) in [6.45, 7) is 8.26. The Bertz CT molecular complexity index is 711. The Kier molecular flexibility index (Phi) is 6.93. The lowest BCUT2D eigenvalue weighted by molar-refractivity contribution is 0.0671. The van der Waals surface area contributed by atoms with Crippen LogP contribution in [0.3, 0.4) is 0 Å². The molecule has 1 saturated heterocycles. The highest BCUT2D eigenvalue weighted by Gasteiger charge is 2.21. The maximum Gasteiger partial charge on any atom is 0.255 e. The number of amides is 1. The highest BCUT2D eigenvalue weighted by Crippen LogP contribution is 2.15. The Morgan fingerprint density at radius 1 is 1.19 bits per heavy atom. The average molecular weight is 367 g/mol. The van der Waals surface area contributed by atoms with Crippen LogP contribution >= 0.6 is 0 Å². The van der Waals surface area contributed by atoms with Crippen LogP contribution in [0.1, 0.15) is 54.7 Å². The zero-order valence-corrected chi connectivity index (χ0v) is 16.5. The second kappa shape index (κ2) is 9.60. The van der Waals surface area contributed by atoms with Crippen molar-refractivity contribution < 1.29 is 4.79 Å². The van der Waals surface area contributed by atoms with E-state index in [-0.39, 0.29) is 11.9 Å². The van der Waals surface area contributed by atoms with Crippen molar-refractivity contribution in [3.63, 3.8) is 0 Å². The van der Waals surface area contributed by atoms with E-state index in [1.54, 1.807) is 18.6 Å². The molecule has 0 saturated carbocycles. The predicted molar refractivity (Wildman–Crippen MR) is 107 cm³/mol. The molecular weight excluding hydrogens is 336 g/mol. The standard InChI is InChI=1S/C22H30N4O/c1-3-18(2)26(17-19-8-11-23-12-9-19)22(27)20-6-7-21(24-16-20)10-15-25-13-4-5-14-25/h6-9,11-12,16,18H,3-5,10,13-15,17H2,1-2H3/t18-/m0/s1. The molecule has 0 aromatic carbocycles. The van der Waals surface area contributed by atoms with Crippen molar-refractivity contribution in [1.82, 2.24) is 19.8 Å². The molecule has 1 aliphatic rings. The molecule has 1 fully saturated rings. The van der Waals surface area contributed by atoms with Crippen LogP contribution in [-0.2, 0) is 13.0 Å². The van der Waals surface area contributed by atoms with Crippen molar-refractivity contribution in [2.75, 3.05) is 19.6 Å². The lowest BCUT2D eigenvalue weighted by Gasteiger charge is -2.29. The summed E-state index contributed by atoms with van der Waals surface area (Å²) in [6.07, 6.45) is 9.76. The fraction of sp³-hybridized carbons (Fsp3) is 0.500. The number of nitrogens with zero attached hydrogens (tertiary/aromatic N) is 4. The number of likely N-dealkylation sites (tertiary alicyclic amines) is 1. The minimum Gasteiger partial charge on any atom is -0.332 e. The predicted octanol–water partition coefficient (Wildman–Crippen LogP) is 3.56. The van der Waals surface area contributed by atoms with Gasteiger partial charge in [0.05, 0.1) is 5.56 Å². The maximum atomic E-state index is 13.1. The molecule has 1 amide bonds. The molecule has 2 aromatic heterocycles. The third kappa shape index (κ3) is 5.36. The van der Waals surface area contributed by atoms with Gasteiger partial charge in [-0.3, -0.25) is 14.8 Å². The van der Waals surface area contributed by atoms with Crippen molar-refractivity contribution >= 4 is 5.91 Å². The SMILES string of the molecule is CC[C@H](C)N(Cc1ccncc1)C(=O)c1ccc(CCN2CCCC2)nc1. The zero-order chi connectivity index (χ0) is 19.1. The van der Waals surface area contributed by atoms with Gasteiger partial charge < -0.3 is 9.80 Å². The number of hydrogen-bond acceptors (Lipinski definition) is 4. The molecule has 5 heteroatoms. The first-order valence-corrected chi connectivity index (χ1v) is 10.0. The van der Waals surface area contributed by atoms with E-state index in [2.05, 4.69) is 28.7 Å². The normalized spacial score (nSPS) is 15.6. The Hall–Kier alpha value is -2.27. The van der Waals surface area contributed by atoms with Crippen LogP contribution in [0, 0.1) is 0 Å². The van der Waals surface area contributed by atoms with Crippen LogP contribution in [0.25, 0.3) is 0 Å². The first kappa shape index (κ1) is 19.5. The molecule has 144 valence electrons. The molecule has 0 N–H and O–H groups in total. The number of rotatable bonds is 8. The fourth-order valence-corrected chi connectivity index (χ4v) is 3.48. The maximum absolute atomic E-state index is 13.1. The summed E-state index contributed by atoms with van der Waals surface area (Å²) in [5, 5.41) is 0. The smallest absolute Gasteiger partial charge is 0.255 e. The van der Waals surface area contributed by atoms with Crippen LogP contribution in [0.5, 0.6) is 0 Å². The van der Waals surface area contributed by atoms with E-state index in [1.165, 1.54) is 25.9 Å². The monoisotopic (exact) mass is 366 g/mol. The highest BCUT2D eigenvalue weighted by atomic mass is 16.2. The number of aromatic nitrogens is 2. The first-order chi connectivity index (χ1) is 13.2. The number of carbonyl (C=O) groups excluding carboxylic acids is 1. The molecule has 3 rings (SSSR count). The van der Waals surface area contributed by atoms with Crippen molar-refractivity contribution in [2.24, 2.45) is 0 Å². The minimum atomic E-state index is 0.0414. The van der Waals surface area contributed by atoms with Crippen LogP contribution in [0.2, 0.25) is 0 Å². The third-order valence-electron chi connectivity index (χ3n) is 5.44. The van der Waals surface area contributed by atoms with Gasteiger partial charge in [-0.15, -0.1) is 0 Å². The Labute approximate surface area is 162 Å². The van der Waals surface area contributed by atoms with Gasteiger partial charge in [-0.25, -0.2) is 0 Å². The van der Waals surface area contributed by atoms with Gasteiger partial charge in [0.2, 0.25) is 0 Å². The molecule has 0 radical (unpaired) electrons. The summed E-state index contributed by atoms with van der Waals surface area (Å²) in [4.78, 5) is 26.1. The van der Waals surface area contributed by atoms with Crippen LogP contribution < -0.4 is 0 Å². The average Bonchev–Trinajstić information content (AvgIpc) is 3.24. The van der Waals surface area contributed by atoms with Gasteiger partial charge in [0.15, 0.2) is 0 Å². The topological polar surface area (TPSA) is 49.3 Å². The number of hydrogen-bond donors (Lipinski definition) is 0. The summed E-state index contributed by atoms with van der Waals surface area (Å²) in [6, 6.07) is 8.02. The molecular formula is C22H30N4O. The lowest BCUT2D eigenvalue weighted by Crippen LogP contribution is -2.37. The van der Waals surface area contributed by atoms with Gasteiger partial charge in [0.25, 0.3) is 5.91 Å². The molecule has 2 aromatic rings. The summed E-state index contributed by atoms with van der Waals surface area (Å²) in [7, 11) is 0. The van der Waals surface area contributed by atoms with E-state index >= 15 is 0 Å². The van der Waals surface area contributed by atoms with E-state index < -0.39 is 0 Å². The molecule has 5 nitrogen and oxygen atoms in total. The third-order valence-corrected chi connectivity index (χ3v) is 5.44. The van der Waals surface area contributed by atoms with Crippen molar-refractivity contribution in [3.05, 3.63) is 59.7 Å². The largest absolute Gasteiger partial charge is 0.332 e. The zero-order valence-electron chi connectivity index (χ0n) is 16.5. The van der Waals surface area contributed by atoms with Crippen molar-refractivity contribution in [1.29, 1.82) is 0 Å².